The first-order valence-corrected chi connectivity index (χ1v) is 4.82. The van der Waals surface area contributed by atoms with Gasteiger partial charge in [0.2, 0.25) is 0 Å². The fourth-order valence-electron chi connectivity index (χ4n) is 1.19. The molecule has 0 bridgehead atoms. The van der Waals surface area contributed by atoms with Crippen LogP contribution in [0.1, 0.15) is 5.56 Å². The van der Waals surface area contributed by atoms with Crippen LogP contribution in [0.4, 0.5) is 0 Å². The summed E-state index contributed by atoms with van der Waals surface area (Å²) in [5, 5.41) is 0. The molecule has 0 atom stereocenters. The molecular formula is C10H9BrN2. The van der Waals surface area contributed by atoms with Gasteiger partial charge in [-0.2, -0.15) is 0 Å². The van der Waals surface area contributed by atoms with Gasteiger partial charge >= 0.3 is 0 Å². The lowest BCUT2D eigenvalue weighted by atomic mass is 10.2. The quantitative estimate of drug-likeness (QED) is 0.810. The fraction of sp³-hybridized carbons (Fsp3) is 0.100. The third-order valence-electron chi connectivity index (χ3n) is 1.83. The Labute approximate surface area is 85.1 Å². The van der Waals surface area contributed by atoms with E-state index >= 15 is 0 Å². The second kappa shape index (κ2) is 3.34. The Balaban J connectivity index is 2.41. The molecule has 2 heterocycles. The lowest BCUT2D eigenvalue weighted by Crippen LogP contribution is -1.81. The standard InChI is InChI=1S/C10H9BrN2/c1-7-4-10(12-5-7)9-3-2-8(11)6-13-9/h2-6,12H,1H3. The molecule has 0 amide bonds. The van der Waals surface area contributed by atoms with Crippen LogP contribution in [0, 0.1) is 6.92 Å². The number of aromatic amines is 1. The molecule has 0 aromatic carbocycles. The number of nitrogens with zero attached hydrogens (tertiary/aromatic N) is 1. The Bertz CT molecular complexity index is 403. The van der Waals surface area contributed by atoms with Crippen LogP contribution in [0.5, 0.6) is 0 Å². The van der Waals surface area contributed by atoms with Gasteiger partial charge in [-0.3, -0.25) is 4.98 Å². The maximum absolute atomic E-state index is 4.28. The van der Waals surface area contributed by atoms with Crippen molar-refractivity contribution in [2.75, 3.05) is 0 Å². The van der Waals surface area contributed by atoms with E-state index < -0.39 is 0 Å². The van der Waals surface area contributed by atoms with E-state index in [0.717, 1.165) is 15.9 Å². The van der Waals surface area contributed by atoms with Crippen molar-refractivity contribution in [3.63, 3.8) is 0 Å². The summed E-state index contributed by atoms with van der Waals surface area (Å²) < 4.78 is 1.000. The third-order valence-corrected chi connectivity index (χ3v) is 2.30. The second-order valence-electron chi connectivity index (χ2n) is 2.95. The van der Waals surface area contributed by atoms with Gasteiger partial charge in [0.15, 0.2) is 0 Å². The van der Waals surface area contributed by atoms with E-state index in [1.54, 1.807) is 6.20 Å². The van der Waals surface area contributed by atoms with E-state index in [2.05, 4.69) is 38.9 Å². The zero-order valence-corrected chi connectivity index (χ0v) is 8.80. The molecule has 0 radical (unpaired) electrons. The minimum atomic E-state index is 0.969. The van der Waals surface area contributed by atoms with Gasteiger partial charge in [0, 0.05) is 16.9 Å². The molecule has 2 rings (SSSR count). The van der Waals surface area contributed by atoms with Crippen molar-refractivity contribution < 1.29 is 0 Å². The highest BCUT2D eigenvalue weighted by Crippen LogP contribution is 2.17. The molecule has 0 aliphatic heterocycles. The average molecular weight is 237 g/mol. The summed E-state index contributed by atoms with van der Waals surface area (Å²) in [6.07, 6.45) is 3.77. The lowest BCUT2D eigenvalue weighted by molar-refractivity contribution is 1.27. The number of nitrogens with one attached hydrogen (secondary N) is 1. The number of hydrogen-bond acceptors (Lipinski definition) is 1. The molecule has 2 aromatic heterocycles. The number of aryl methyl sites for hydroxylation is 1. The molecule has 0 fully saturated rings. The van der Waals surface area contributed by atoms with Crippen LogP contribution in [0.3, 0.4) is 0 Å². The SMILES string of the molecule is Cc1c[nH]c(-c2ccc(Br)cn2)c1. The first-order valence-electron chi connectivity index (χ1n) is 4.02. The zero-order chi connectivity index (χ0) is 9.26. The number of H-pyrrole nitrogens is 1. The van der Waals surface area contributed by atoms with Crippen LogP contribution in [-0.2, 0) is 0 Å². The molecule has 0 unspecified atom stereocenters. The molecule has 66 valence electrons. The Hall–Kier alpha value is -1.09. The van der Waals surface area contributed by atoms with Gasteiger partial charge in [0.05, 0.1) is 11.4 Å². The normalized spacial score (nSPS) is 10.3. The maximum Gasteiger partial charge on any atom is 0.0865 e. The highest BCUT2D eigenvalue weighted by atomic mass is 79.9. The zero-order valence-electron chi connectivity index (χ0n) is 7.21. The predicted molar refractivity (Wildman–Crippen MR) is 56.5 cm³/mol. The highest BCUT2D eigenvalue weighted by Gasteiger charge is 1.99. The van der Waals surface area contributed by atoms with E-state index in [4.69, 9.17) is 0 Å². The van der Waals surface area contributed by atoms with Crippen LogP contribution < -0.4 is 0 Å². The van der Waals surface area contributed by atoms with Gasteiger partial charge in [-0.15, -0.1) is 0 Å². The molecule has 1 N–H and O–H groups in total. The molecule has 2 aromatic rings. The molecule has 0 aliphatic rings. The minimum Gasteiger partial charge on any atom is -0.360 e. The first-order chi connectivity index (χ1) is 6.25. The Morgan fingerprint density at radius 2 is 2.23 bits per heavy atom. The van der Waals surface area contributed by atoms with Crippen LogP contribution in [0.25, 0.3) is 11.4 Å². The molecule has 0 saturated carbocycles. The first kappa shape index (κ1) is 8.51. The average Bonchev–Trinajstić information content (AvgIpc) is 2.53. The number of pyridine rings is 1. The Morgan fingerprint density at radius 3 is 2.77 bits per heavy atom. The smallest absolute Gasteiger partial charge is 0.0865 e. The van der Waals surface area contributed by atoms with Gasteiger partial charge < -0.3 is 4.98 Å². The van der Waals surface area contributed by atoms with Gasteiger partial charge in [0.25, 0.3) is 0 Å². The molecule has 0 saturated heterocycles. The Morgan fingerprint density at radius 1 is 1.38 bits per heavy atom. The number of rotatable bonds is 1. The summed E-state index contributed by atoms with van der Waals surface area (Å²) in [6, 6.07) is 6.05. The van der Waals surface area contributed by atoms with Crippen molar-refractivity contribution in [3.05, 3.63) is 40.6 Å². The fourth-order valence-corrected chi connectivity index (χ4v) is 1.42. The molecule has 0 aliphatic carbocycles. The summed E-state index contributed by atoms with van der Waals surface area (Å²) in [4.78, 5) is 7.45. The molecule has 13 heavy (non-hydrogen) atoms. The Kier molecular flexibility index (Phi) is 2.19. The van der Waals surface area contributed by atoms with Gasteiger partial charge in [-0.05, 0) is 46.6 Å². The number of halogens is 1. The summed E-state index contributed by atoms with van der Waals surface area (Å²) in [7, 11) is 0. The molecular weight excluding hydrogens is 228 g/mol. The summed E-state index contributed by atoms with van der Waals surface area (Å²) >= 11 is 3.35. The van der Waals surface area contributed by atoms with Crippen molar-refractivity contribution in [3.8, 4) is 11.4 Å². The lowest BCUT2D eigenvalue weighted by Gasteiger charge is -1.95. The van der Waals surface area contributed by atoms with Crippen molar-refractivity contribution >= 4 is 15.9 Å². The van der Waals surface area contributed by atoms with Crippen LogP contribution in [0.15, 0.2) is 35.1 Å². The summed E-state index contributed by atoms with van der Waals surface area (Å²) in [5.74, 6) is 0. The second-order valence-corrected chi connectivity index (χ2v) is 3.87. The van der Waals surface area contributed by atoms with E-state index in [1.165, 1.54) is 5.56 Å². The van der Waals surface area contributed by atoms with Crippen molar-refractivity contribution in [1.29, 1.82) is 0 Å². The van der Waals surface area contributed by atoms with Crippen molar-refractivity contribution in [1.82, 2.24) is 9.97 Å². The number of aromatic nitrogens is 2. The molecule has 2 nitrogen and oxygen atoms in total. The van der Waals surface area contributed by atoms with E-state index in [-0.39, 0.29) is 0 Å². The summed E-state index contributed by atoms with van der Waals surface area (Å²) in [6.45, 7) is 2.05. The number of hydrogen-bond donors (Lipinski definition) is 1. The monoisotopic (exact) mass is 236 g/mol. The molecule has 3 heteroatoms. The van der Waals surface area contributed by atoms with E-state index in [9.17, 15) is 0 Å². The van der Waals surface area contributed by atoms with Crippen molar-refractivity contribution in [2.24, 2.45) is 0 Å². The van der Waals surface area contributed by atoms with Gasteiger partial charge in [0.1, 0.15) is 0 Å². The topological polar surface area (TPSA) is 28.7 Å². The predicted octanol–water partition coefficient (Wildman–Crippen LogP) is 3.15. The summed E-state index contributed by atoms with van der Waals surface area (Å²) in [5.41, 5.74) is 3.25. The minimum absolute atomic E-state index is 0.969. The van der Waals surface area contributed by atoms with Crippen LogP contribution >= 0.6 is 15.9 Å². The maximum atomic E-state index is 4.28. The van der Waals surface area contributed by atoms with Crippen LogP contribution in [-0.4, -0.2) is 9.97 Å². The largest absolute Gasteiger partial charge is 0.360 e. The van der Waals surface area contributed by atoms with E-state index in [0.29, 0.717) is 0 Å². The third kappa shape index (κ3) is 1.80. The molecule has 0 spiro atoms. The van der Waals surface area contributed by atoms with Gasteiger partial charge in [-0.1, -0.05) is 0 Å². The van der Waals surface area contributed by atoms with E-state index in [1.807, 2.05) is 18.3 Å². The van der Waals surface area contributed by atoms with Crippen molar-refractivity contribution in [2.45, 2.75) is 6.92 Å². The van der Waals surface area contributed by atoms with Crippen LogP contribution in [0.2, 0.25) is 0 Å². The van der Waals surface area contributed by atoms with Gasteiger partial charge in [-0.25, -0.2) is 0 Å². The highest BCUT2D eigenvalue weighted by molar-refractivity contribution is 9.10.